The number of aliphatic hydroxyl groups excluding tert-OH is 2. The molecule has 0 aromatic carbocycles. The summed E-state index contributed by atoms with van der Waals surface area (Å²) in [4.78, 5) is 30.4. The summed E-state index contributed by atoms with van der Waals surface area (Å²) in [5.74, 6) is -2.50. The highest BCUT2D eigenvalue weighted by molar-refractivity contribution is 7.09. The smallest absolute Gasteiger partial charge is 0.309 e. The number of rotatable bonds is 2. The molecule has 1 fully saturated rings. The van der Waals surface area contributed by atoms with Crippen molar-refractivity contribution in [3.63, 3.8) is 0 Å². The Labute approximate surface area is 215 Å². The van der Waals surface area contributed by atoms with Crippen molar-refractivity contribution in [2.24, 2.45) is 17.3 Å². The topological polar surface area (TPSA) is 96.7 Å². The number of hydrogen-bond acceptors (Lipinski definition) is 7. The largest absolute Gasteiger partial charge is 0.455 e. The third-order valence-electron chi connectivity index (χ3n) is 7.38. The van der Waals surface area contributed by atoms with Crippen LogP contribution in [0.15, 0.2) is 22.3 Å². The summed E-state index contributed by atoms with van der Waals surface area (Å²) >= 11 is 7.73. The van der Waals surface area contributed by atoms with Gasteiger partial charge < -0.3 is 14.9 Å². The molecule has 6 nitrogen and oxygen atoms in total. The monoisotopic (exact) mass is 527 g/mol. The number of cyclic esters (lactones) is 1. The number of aryl methyl sites for hydroxylation is 1. The number of ketones is 1. The number of nitrogens with zero attached hydrogens (tertiary/aromatic N) is 1. The van der Waals surface area contributed by atoms with Gasteiger partial charge in [-0.2, -0.15) is 0 Å². The highest BCUT2D eigenvalue weighted by Gasteiger charge is 2.52. The molecule has 2 aliphatic rings. The molecule has 35 heavy (non-hydrogen) atoms. The first-order valence-corrected chi connectivity index (χ1v) is 13.5. The second kappa shape index (κ2) is 12.1. The van der Waals surface area contributed by atoms with Crippen molar-refractivity contribution in [1.29, 1.82) is 0 Å². The number of halogens is 2. The molecule has 1 spiro atoms. The van der Waals surface area contributed by atoms with E-state index in [1.807, 2.05) is 13.8 Å². The molecule has 2 N–H and O–H groups in total. The zero-order valence-electron chi connectivity index (χ0n) is 20.5. The summed E-state index contributed by atoms with van der Waals surface area (Å²) in [5, 5.41) is 24.8. The molecule has 5 atom stereocenters. The van der Waals surface area contributed by atoms with Gasteiger partial charge >= 0.3 is 5.97 Å². The average Bonchev–Trinajstić information content (AvgIpc) is 3.18. The zero-order chi connectivity index (χ0) is 25.8. The molecule has 9 heteroatoms. The second-order valence-electron chi connectivity index (χ2n) is 9.93. The van der Waals surface area contributed by atoms with Gasteiger partial charge in [0.25, 0.3) is 0 Å². The number of allylic oxidation sites excluding steroid dienone is 1. The maximum atomic E-state index is 15.1. The third kappa shape index (κ3) is 6.79. The third-order valence-corrected chi connectivity index (χ3v) is 8.51. The van der Waals surface area contributed by atoms with Crippen LogP contribution in [0.25, 0.3) is 6.08 Å². The SMILES string of the molecule is Cc1nc(/C=C(\F)[C@@H]2C/C=C(/Cl)CCC[C@H](C)[C@H](O)[C@@H](C)C(=O)C3(CCC3)[C@@H](O)CC(=O)O2)cs1. The fourth-order valence-electron chi connectivity index (χ4n) is 4.96. The van der Waals surface area contributed by atoms with E-state index in [4.69, 9.17) is 16.3 Å². The van der Waals surface area contributed by atoms with E-state index in [0.29, 0.717) is 42.8 Å². The second-order valence-corrected chi connectivity index (χ2v) is 11.5. The Morgan fingerprint density at radius 1 is 1.29 bits per heavy atom. The van der Waals surface area contributed by atoms with Crippen LogP contribution < -0.4 is 0 Å². The van der Waals surface area contributed by atoms with Crippen molar-refractivity contribution in [1.82, 2.24) is 4.98 Å². The lowest BCUT2D eigenvalue weighted by Crippen LogP contribution is -2.53. The normalized spacial score (nSPS) is 33.1. The van der Waals surface area contributed by atoms with Gasteiger partial charge in [0.2, 0.25) is 0 Å². The van der Waals surface area contributed by atoms with Gasteiger partial charge in [0.15, 0.2) is 6.10 Å². The van der Waals surface area contributed by atoms with Crippen LogP contribution in [0.5, 0.6) is 0 Å². The summed E-state index contributed by atoms with van der Waals surface area (Å²) < 4.78 is 20.6. The number of esters is 1. The van der Waals surface area contributed by atoms with E-state index in [-0.39, 0.29) is 18.1 Å². The van der Waals surface area contributed by atoms with Crippen molar-refractivity contribution in [2.75, 3.05) is 0 Å². The first-order chi connectivity index (χ1) is 16.5. The molecule has 194 valence electrons. The van der Waals surface area contributed by atoms with Crippen LogP contribution in [0.2, 0.25) is 0 Å². The number of thiazole rings is 1. The zero-order valence-corrected chi connectivity index (χ0v) is 22.1. The average molecular weight is 528 g/mol. The Hall–Kier alpha value is -1.61. The van der Waals surface area contributed by atoms with Crippen LogP contribution in [0.3, 0.4) is 0 Å². The minimum absolute atomic E-state index is 0.0331. The Morgan fingerprint density at radius 2 is 2.00 bits per heavy atom. The molecule has 0 saturated heterocycles. The van der Waals surface area contributed by atoms with Gasteiger partial charge in [0, 0.05) is 28.8 Å². The van der Waals surface area contributed by atoms with Gasteiger partial charge in [-0.3, -0.25) is 9.59 Å². The van der Waals surface area contributed by atoms with Crippen molar-refractivity contribution in [3.05, 3.63) is 33.0 Å². The molecule has 1 saturated carbocycles. The molecule has 3 rings (SSSR count). The maximum absolute atomic E-state index is 15.1. The maximum Gasteiger partial charge on any atom is 0.309 e. The Morgan fingerprint density at radius 3 is 2.60 bits per heavy atom. The highest BCUT2D eigenvalue weighted by atomic mass is 35.5. The van der Waals surface area contributed by atoms with E-state index in [1.165, 1.54) is 17.4 Å². The fraction of sp³-hybridized carbons (Fsp3) is 0.654. The van der Waals surface area contributed by atoms with Gasteiger partial charge in [-0.25, -0.2) is 9.37 Å². The van der Waals surface area contributed by atoms with Crippen LogP contribution in [-0.4, -0.2) is 45.3 Å². The van der Waals surface area contributed by atoms with E-state index in [2.05, 4.69) is 4.98 Å². The molecular weight excluding hydrogens is 493 g/mol. The summed E-state index contributed by atoms with van der Waals surface area (Å²) in [7, 11) is 0. The molecule has 1 aliphatic carbocycles. The molecule has 0 radical (unpaired) electrons. The van der Waals surface area contributed by atoms with Crippen LogP contribution in [0.4, 0.5) is 4.39 Å². The lowest BCUT2D eigenvalue weighted by molar-refractivity contribution is -0.161. The van der Waals surface area contributed by atoms with Crippen LogP contribution in [0, 0.1) is 24.2 Å². The Kier molecular flexibility index (Phi) is 9.66. The van der Waals surface area contributed by atoms with Crippen molar-refractivity contribution < 1.29 is 28.9 Å². The Bertz CT molecular complexity index is 973. The minimum Gasteiger partial charge on any atom is -0.455 e. The van der Waals surface area contributed by atoms with Crippen molar-refractivity contribution >= 4 is 40.8 Å². The van der Waals surface area contributed by atoms with Crippen LogP contribution in [0.1, 0.15) is 75.9 Å². The van der Waals surface area contributed by atoms with E-state index in [0.717, 1.165) is 11.4 Å². The number of carbonyl (C=O) groups excluding carboxylic acids is 2. The number of Topliss-reactive ketones (excluding diaryl/α,β-unsaturated/α-hetero) is 1. The Balaban J connectivity index is 1.87. The van der Waals surface area contributed by atoms with E-state index in [1.54, 1.807) is 18.4 Å². The number of aromatic nitrogens is 1. The van der Waals surface area contributed by atoms with Gasteiger partial charge in [0.05, 0.1) is 34.7 Å². The van der Waals surface area contributed by atoms with Gasteiger partial charge in [-0.1, -0.05) is 37.9 Å². The molecule has 1 aromatic rings. The van der Waals surface area contributed by atoms with Gasteiger partial charge in [0.1, 0.15) is 11.6 Å². The molecular formula is C26H35ClFNO5S. The van der Waals surface area contributed by atoms with Gasteiger partial charge in [-0.15, -0.1) is 11.3 Å². The summed E-state index contributed by atoms with van der Waals surface area (Å²) in [6.07, 6.45) is 2.68. The number of aliphatic hydroxyl groups is 2. The summed E-state index contributed by atoms with van der Waals surface area (Å²) in [6.45, 7) is 5.39. The summed E-state index contributed by atoms with van der Waals surface area (Å²) in [6, 6.07) is 0. The molecule has 2 heterocycles. The number of carbonyl (C=O) groups is 2. The van der Waals surface area contributed by atoms with Crippen LogP contribution >= 0.6 is 22.9 Å². The van der Waals surface area contributed by atoms with E-state index >= 15 is 4.39 Å². The van der Waals surface area contributed by atoms with Crippen molar-refractivity contribution in [3.8, 4) is 0 Å². The van der Waals surface area contributed by atoms with Gasteiger partial charge in [-0.05, 0) is 44.9 Å². The highest BCUT2D eigenvalue weighted by Crippen LogP contribution is 2.48. The first kappa shape index (κ1) is 28.0. The van der Waals surface area contributed by atoms with Crippen LogP contribution in [-0.2, 0) is 14.3 Å². The van der Waals surface area contributed by atoms with Crippen molar-refractivity contribution in [2.45, 2.75) is 90.4 Å². The van der Waals surface area contributed by atoms with E-state index < -0.39 is 47.9 Å². The lowest BCUT2D eigenvalue weighted by atomic mass is 9.58. The molecule has 0 unspecified atom stereocenters. The quantitative estimate of drug-likeness (QED) is 0.493. The molecule has 1 aliphatic heterocycles. The lowest BCUT2D eigenvalue weighted by Gasteiger charge is -2.46. The van der Waals surface area contributed by atoms with E-state index in [9.17, 15) is 19.8 Å². The minimum atomic E-state index is -1.26. The first-order valence-electron chi connectivity index (χ1n) is 12.3. The fourth-order valence-corrected chi connectivity index (χ4v) is 5.75. The molecule has 0 bridgehead atoms. The standard InChI is InChI=1S/C26H35ClFNO5S/c1-15-6-4-7-18(27)8-9-21(20(28)12-19-14-35-17(3)29-19)34-23(31)13-22(30)26(10-5-11-26)25(33)16(2)24(15)32/h8,12,14-16,21-22,24,30,32H,4-7,9-11,13H2,1-3H3/b18-8+,20-12-/t15-,16+,21-,22-,24-/m0/s1. The predicted octanol–water partition coefficient (Wildman–Crippen LogP) is 5.49. The molecule has 1 aromatic heterocycles. The number of ether oxygens (including phenoxy) is 1. The summed E-state index contributed by atoms with van der Waals surface area (Å²) in [5.41, 5.74) is -0.648. The molecule has 0 amide bonds. The number of hydrogen-bond donors (Lipinski definition) is 2. The predicted molar refractivity (Wildman–Crippen MR) is 134 cm³/mol.